The molecule has 2 rings (SSSR count). The van der Waals surface area contributed by atoms with E-state index in [1.807, 2.05) is 38.1 Å². The minimum Gasteiger partial charge on any atom is -0.354 e. The van der Waals surface area contributed by atoms with Gasteiger partial charge in [-0.1, -0.05) is 67.8 Å². The second kappa shape index (κ2) is 14.4. The largest absolute Gasteiger partial charge is 0.354 e. The highest BCUT2D eigenvalue weighted by Gasteiger charge is 2.29. The van der Waals surface area contributed by atoms with E-state index in [1.54, 1.807) is 30.0 Å². The Kier molecular flexibility index (Phi) is 11.9. The average molecular weight is 550 g/mol. The van der Waals surface area contributed by atoms with Crippen LogP contribution < -0.4 is 9.62 Å². The maximum Gasteiger partial charge on any atom is 0.242 e. The molecule has 0 saturated heterocycles. The van der Waals surface area contributed by atoms with Crippen molar-refractivity contribution in [3.63, 3.8) is 0 Å². The molecule has 204 valence electrons. The summed E-state index contributed by atoms with van der Waals surface area (Å²) in [7, 11) is -3.59. The van der Waals surface area contributed by atoms with Crippen LogP contribution in [0, 0.1) is 13.8 Å². The lowest BCUT2D eigenvalue weighted by molar-refractivity contribution is -0.141. The van der Waals surface area contributed by atoms with E-state index in [-0.39, 0.29) is 24.8 Å². The number of amides is 2. The molecule has 37 heavy (non-hydrogen) atoms. The van der Waals surface area contributed by atoms with Gasteiger partial charge in [-0.3, -0.25) is 13.9 Å². The molecule has 0 heterocycles. The van der Waals surface area contributed by atoms with Crippen LogP contribution in [0.3, 0.4) is 0 Å². The van der Waals surface area contributed by atoms with E-state index in [9.17, 15) is 18.0 Å². The Balaban J connectivity index is 2.23. The van der Waals surface area contributed by atoms with E-state index in [2.05, 4.69) is 12.2 Å². The number of unbranched alkanes of at least 4 members (excludes halogenated alkanes) is 1. The number of sulfonamides is 1. The van der Waals surface area contributed by atoms with Crippen molar-refractivity contribution >= 4 is 39.1 Å². The SMILES string of the molecule is CCCCNC(=O)C(CC)N(Cc1cccc(C)c1)C(=O)CCCN(c1cccc(Cl)c1C)S(C)(=O)=O. The topological polar surface area (TPSA) is 86.8 Å². The van der Waals surface area contributed by atoms with Gasteiger partial charge in [0, 0.05) is 31.1 Å². The fraction of sp³-hybridized carbons (Fsp3) is 0.500. The van der Waals surface area contributed by atoms with Gasteiger partial charge in [-0.05, 0) is 56.4 Å². The molecule has 1 atom stereocenters. The van der Waals surface area contributed by atoms with Gasteiger partial charge in [-0.2, -0.15) is 0 Å². The standard InChI is InChI=1S/C28H40ClN3O4S/c1-6-8-17-30-28(34)25(7-2)31(20-23-13-9-12-21(3)19-23)27(33)16-11-18-32(37(5,35)36)26-15-10-14-24(29)22(26)4/h9-10,12-15,19,25H,6-8,11,16-18,20H2,1-5H3,(H,30,34). The molecule has 0 radical (unpaired) electrons. The normalized spacial score (nSPS) is 12.2. The molecule has 0 saturated carbocycles. The second-order valence-corrected chi connectivity index (χ2v) is 11.7. The first-order valence-corrected chi connectivity index (χ1v) is 15.1. The molecule has 0 bridgehead atoms. The number of hydrogen-bond acceptors (Lipinski definition) is 4. The summed E-state index contributed by atoms with van der Waals surface area (Å²) < 4.78 is 26.5. The van der Waals surface area contributed by atoms with Crippen LogP contribution in [-0.4, -0.2) is 50.5 Å². The van der Waals surface area contributed by atoms with E-state index in [0.29, 0.717) is 42.2 Å². The third kappa shape index (κ3) is 9.04. The van der Waals surface area contributed by atoms with Crippen molar-refractivity contribution in [3.05, 3.63) is 64.2 Å². The van der Waals surface area contributed by atoms with Gasteiger partial charge in [0.2, 0.25) is 21.8 Å². The summed E-state index contributed by atoms with van der Waals surface area (Å²) in [6.07, 6.45) is 3.87. The summed E-state index contributed by atoms with van der Waals surface area (Å²) in [4.78, 5) is 28.2. The highest BCUT2D eigenvalue weighted by molar-refractivity contribution is 7.92. The van der Waals surface area contributed by atoms with E-state index in [1.165, 1.54) is 4.31 Å². The lowest BCUT2D eigenvalue weighted by atomic mass is 10.1. The minimum atomic E-state index is -3.59. The predicted octanol–water partition coefficient (Wildman–Crippen LogP) is 5.23. The summed E-state index contributed by atoms with van der Waals surface area (Å²) in [5, 5.41) is 3.44. The lowest BCUT2D eigenvalue weighted by Crippen LogP contribution is -2.49. The molecule has 0 spiro atoms. The van der Waals surface area contributed by atoms with E-state index in [4.69, 9.17) is 11.6 Å². The van der Waals surface area contributed by atoms with E-state index < -0.39 is 16.1 Å². The number of anilines is 1. The van der Waals surface area contributed by atoms with Crippen LogP contribution in [-0.2, 0) is 26.2 Å². The van der Waals surface area contributed by atoms with Gasteiger partial charge in [0.1, 0.15) is 6.04 Å². The van der Waals surface area contributed by atoms with Crippen molar-refractivity contribution in [2.45, 2.75) is 72.4 Å². The summed E-state index contributed by atoms with van der Waals surface area (Å²) in [5.41, 5.74) is 3.18. The number of halogens is 1. The van der Waals surface area contributed by atoms with Crippen LogP contribution in [0.2, 0.25) is 5.02 Å². The predicted molar refractivity (Wildman–Crippen MR) is 151 cm³/mol. The molecule has 0 aliphatic carbocycles. The average Bonchev–Trinajstić information content (AvgIpc) is 2.83. The number of nitrogens with one attached hydrogen (secondary N) is 1. The zero-order valence-corrected chi connectivity index (χ0v) is 24.2. The monoisotopic (exact) mass is 549 g/mol. The molecule has 2 amide bonds. The number of nitrogens with zero attached hydrogens (tertiary/aromatic N) is 2. The Morgan fingerprint density at radius 1 is 1.05 bits per heavy atom. The number of rotatable bonds is 14. The molecule has 0 aliphatic heterocycles. The molecule has 0 aromatic heterocycles. The molecule has 1 unspecified atom stereocenters. The first kappa shape index (κ1) is 30.6. The maximum absolute atomic E-state index is 13.5. The van der Waals surface area contributed by atoms with Crippen LogP contribution in [0.1, 0.15) is 62.6 Å². The Labute approximate surface area is 227 Å². The number of carbonyl (C=O) groups is 2. The van der Waals surface area contributed by atoms with Crippen molar-refractivity contribution in [2.75, 3.05) is 23.7 Å². The fourth-order valence-corrected chi connectivity index (χ4v) is 5.47. The van der Waals surface area contributed by atoms with Crippen molar-refractivity contribution < 1.29 is 18.0 Å². The van der Waals surface area contributed by atoms with Crippen LogP contribution in [0.25, 0.3) is 0 Å². The first-order valence-electron chi connectivity index (χ1n) is 12.8. The Morgan fingerprint density at radius 2 is 1.76 bits per heavy atom. The van der Waals surface area contributed by atoms with Gasteiger partial charge in [-0.15, -0.1) is 0 Å². The molecule has 2 aromatic rings. The second-order valence-electron chi connectivity index (χ2n) is 9.40. The third-order valence-electron chi connectivity index (χ3n) is 6.31. The summed E-state index contributed by atoms with van der Waals surface area (Å²) >= 11 is 6.23. The number of carbonyl (C=O) groups excluding carboxylic acids is 2. The first-order chi connectivity index (χ1) is 17.5. The molecule has 9 heteroatoms. The van der Waals surface area contributed by atoms with Gasteiger partial charge in [0.25, 0.3) is 0 Å². The molecule has 0 fully saturated rings. The maximum atomic E-state index is 13.5. The van der Waals surface area contributed by atoms with Gasteiger partial charge >= 0.3 is 0 Å². The van der Waals surface area contributed by atoms with Crippen LogP contribution in [0.5, 0.6) is 0 Å². The fourth-order valence-electron chi connectivity index (χ4n) is 4.28. The quantitative estimate of drug-likeness (QED) is 0.327. The van der Waals surface area contributed by atoms with Crippen molar-refractivity contribution in [1.29, 1.82) is 0 Å². The summed E-state index contributed by atoms with van der Waals surface area (Å²) in [5.74, 6) is -0.348. The van der Waals surface area contributed by atoms with Crippen molar-refractivity contribution in [2.24, 2.45) is 0 Å². The molecule has 1 N–H and O–H groups in total. The van der Waals surface area contributed by atoms with Crippen LogP contribution in [0.4, 0.5) is 5.69 Å². The molecule has 0 aliphatic rings. The number of hydrogen-bond donors (Lipinski definition) is 1. The van der Waals surface area contributed by atoms with Crippen LogP contribution >= 0.6 is 11.6 Å². The third-order valence-corrected chi connectivity index (χ3v) is 7.90. The zero-order chi connectivity index (χ0) is 27.6. The van der Waals surface area contributed by atoms with E-state index in [0.717, 1.165) is 30.2 Å². The lowest BCUT2D eigenvalue weighted by Gasteiger charge is -2.31. The Hall–Kier alpha value is -2.58. The molecular formula is C28H40ClN3O4S. The number of aryl methyl sites for hydroxylation is 1. The Bertz CT molecular complexity index is 1170. The van der Waals surface area contributed by atoms with Gasteiger partial charge < -0.3 is 10.2 Å². The van der Waals surface area contributed by atoms with Crippen molar-refractivity contribution in [3.8, 4) is 0 Å². The molecule has 2 aromatic carbocycles. The van der Waals surface area contributed by atoms with Crippen LogP contribution in [0.15, 0.2) is 42.5 Å². The van der Waals surface area contributed by atoms with Gasteiger partial charge in [0.15, 0.2) is 0 Å². The highest BCUT2D eigenvalue weighted by Crippen LogP contribution is 2.28. The summed E-state index contributed by atoms with van der Waals surface area (Å²) in [6, 6.07) is 12.4. The molecule has 7 nitrogen and oxygen atoms in total. The van der Waals surface area contributed by atoms with Crippen molar-refractivity contribution in [1.82, 2.24) is 10.2 Å². The number of benzene rings is 2. The highest BCUT2D eigenvalue weighted by atomic mass is 35.5. The Morgan fingerprint density at radius 3 is 2.38 bits per heavy atom. The van der Waals surface area contributed by atoms with Gasteiger partial charge in [0.05, 0.1) is 11.9 Å². The molecular weight excluding hydrogens is 510 g/mol. The summed E-state index contributed by atoms with van der Waals surface area (Å²) in [6.45, 7) is 8.72. The minimum absolute atomic E-state index is 0.107. The van der Waals surface area contributed by atoms with Gasteiger partial charge in [-0.25, -0.2) is 8.42 Å². The van der Waals surface area contributed by atoms with E-state index >= 15 is 0 Å². The smallest absolute Gasteiger partial charge is 0.242 e. The zero-order valence-electron chi connectivity index (χ0n) is 22.6.